The van der Waals surface area contributed by atoms with E-state index in [1.807, 2.05) is 27.8 Å². The van der Waals surface area contributed by atoms with Crippen molar-refractivity contribution in [3.8, 4) is 0 Å². The zero-order valence-corrected chi connectivity index (χ0v) is 16.6. The van der Waals surface area contributed by atoms with Gasteiger partial charge in [-0.2, -0.15) is 13.2 Å². The largest absolute Gasteiger partial charge is 0.416 e. The van der Waals surface area contributed by atoms with Crippen molar-refractivity contribution >= 4 is 5.91 Å². The quantitative estimate of drug-likeness (QED) is 0.633. The molecule has 1 aliphatic carbocycles. The number of hydrogen-bond acceptors (Lipinski definition) is 2. The molecule has 0 radical (unpaired) electrons. The average molecular weight is 408 g/mol. The van der Waals surface area contributed by atoms with Gasteiger partial charge in [0.1, 0.15) is 0 Å². The average Bonchev–Trinajstić information content (AvgIpc) is 3.36. The summed E-state index contributed by atoms with van der Waals surface area (Å²) in [5.74, 6) is 0.213. The molecule has 0 saturated heterocycles. The number of rotatable bonds is 8. The topological polar surface area (TPSA) is 34.5 Å². The summed E-state index contributed by atoms with van der Waals surface area (Å²) >= 11 is 0. The van der Waals surface area contributed by atoms with Crippen molar-refractivity contribution in [2.45, 2.75) is 44.9 Å². The number of alkyl halides is 3. The van der Waals surface area contributed by atoms with E-state index >= 15 is 0 Å². The number of carbonyl (C=O) groups is 1. The van der Waals surface area contributed by atoms with Crippen LogP contribution in [0.4, 0.5) is 13.2 Å². The van der Waals surface area contributed by atoms with Gasteiger partial charge >= 0.3 is 6.18 Å². The van der Waals surface area contributed by atoms with E-state index in [4.69, 9.17) is 4.74 Å². The van der Waals surface area contributed by atoms with Gasteiger partial charge in [-0.1, -0.05) is 25.0 Å². The van der Waals surface area contributed by atoms with Crippen LogP contribution in [0.2, 0.25) is 0 Å². The second-order valence-electron chi connectivity index (χ2n) is 7.56. The Morgan fingerprint density at radius 3 is 2.66 bits per heavy atom. The van der Waals surface area contributed by atoms with Gasteiger partial charge < -0.3 is 14.2 Å². The van der Waals surface area contributed by atoms with Crippen LogP contribution in [0, 0.1) is 5.92 Å². The molecule has 0 N–H and O–H groups in total. The van der Waals surface area contributed by atoms with Crippen LogP contribution in [0.5, 0.6) is 0 Å². The zero-order valence-electron chi connectivity index (χ0n) is 16.6. The molecule has 7 heteroatoms. The maximum absolute atomic E-state index is 13.0. The van der Waals surface area contributed by atoms with Crippen molar-refractivity contribution in [3.63, 3.8) is 0 Å². The highest BCUT2D eigenvalue weighted by Crippen LogP contribution is 2.30. The minimum Gasteiger partial charge on any atom is -0.383 e. The number of carbonyl (C=O) groups excluding carboxylic acids is 1. The Labute approximate surface area is 169 Å². The molecule has 158 valence electrons. The molecule has 1 amide bonds. The van der Waals surface area contributed by atoms with Gasteiger partial charge in [0.05, 0.1) is 18.7 Å². The molecule has 0 spiro atoms. The molecule has 1 aliphatic rings. The smallest absolute Gasteiger partial charge is 0.383 e. The molecule has 1 aromatic heterocycles. The first kappa shape index (κ1) is 21.4. The van der Waals surface area contributed by atoms with Gasteiger partial charge in [-0.15, -0.1) is 0 Å². The standard InChI is InChI=1S/C22H27F3N2O2/c1-29-13-12-27(21(28)18-7-2-3-8-18)16-20-10-5-11-26(20)15-17-6-4-9-19(14-17)22(23,24)25/h4-6,9-11,14,18H,2-3,7-8,12-13,15-16H2,1H3. The molecule has 1 heterocycles. The molecule has 4 nitrogen and oxygen atoms in total. The first-order chi connectivity index (χ1) is 13.9. The molecule has 3 rings (SSSR count). The summed E-state index contributed by atoms with van der Waals surface area (Å²) in [5.41, 5.74) is 0.814. The van der Waals surface area contributed by atoms with Crippen LogP contribution in [0.3, 0.4) is 0 Å². The zero-order chi connectivity index (χ0) is 20.9. The number of ether oxygens (including phenoxy) is 1. The Balaban J connectivity index is 1.74. The SMILES string of the molecule is COCCN(Cc1cccn1Cc1cccc(C(F)(F)F)c1)C(=O)C1CCCC1. The first-order valence-corrected chi connectivity index (χ1v) is 9.96. The summed E-state index contributed by atoms with van der Waals surface area (Å²) in [6, 6.07) is 9.14. The number of nitrogens with zero attached hydrogens (tertiary/aromatic N) is 2. The highest BCUT2D eigenvalue weighted by Gasteiger charge is 2.30. The molecule has 0 unspecified atom stereocenters. The Morgan fingerprint density at radius 2 is 1.97 bits per heavy atom. The second kappa shape index (κ2) is 9.48. The summed E-state index contributed by atoms with van der Waals surface area (Å²) < 4.78 is 46.0. The van der Waals surface area contributed by atoms with Crippen LogP contribution in [-0.4, -0.2) is 35.6 Å². The van der Waals surface area contributed by atoms with E-state index in [-0.39, 0.29) is 11.8 Å². The Kier molecular flexibility index (Phi) is 7.00. The van der Waals surface area contributed by atoms with Gasteiger partial charge in [0, 0.05) is 38.0 Å². The second-order valence-corrected chi connectivity index (χ2v) is 7.56. The molecule has 0 aliphatic heterocycles. The van der Waals surface area contributed by atoms with Crippen molar-refractivity contribution in [1.29, 1.82) is 0 Å². The van der Waals surface area contributed by atoms with Crippen molar-refractivity contribution in [3.05, 3.63) is 59.4 Å². The van der Waals surface area contributed by atoms with Crippen molar-refractivity contribution in [2.24, 2.45) is 5.92 Å². The summed E-state index contributed by atoms with van der Waals surface area (Å²) in [7, 11) is 1.61. The summed E-state index contributed by atoms with van der Waals surface area (Å²) in [4.78, 5) is 14.8. The van der Waals surface area contributed by atoms with Gasteiger partial charge in [0.25, 0.3) is 0 Å². The third-order valence-electron chi connectivity index (χ3n) is 5.47. The number of benzene rings is 1. The molecular weight excluding hydrogens is 381 g/mol. The first-order valence-electron chi connectivity index (χ1n) is 9.96. The summed E-state index contributed by atoms with van der Waals surface area (Å²) in [5, 5.41) is 0. The predicted octanol–water partition coefficient (Wildman–Crippen LogP) is 4.72. The summed E-state index contributed by atoms with van der Waals surface area (Å²) in [6.07, 6.45) is 1.49. The lowest BCUT2D eigenvalue weighted by atomic mass is 10.1. The highest BCUT2D eigenvalue weighted by atomic mass is 19.4. The molecular formula is C22H27F3N2O2. The normalized spacial score (nSPS) is 15.0. The van der Waals surface area contributed by atoms with Gasteiger partial charge in [0.15, 0.2) is 0 Å². The van der Waals surface area contributed by atoms with E-state index in [0.717, 1.165) is 37.4 Å². The lowest BCUT2D eigenvalue weighted by molar-refractivity contribution is -0.138. The van der Waals surface area contributed by atoms with Crippen molar-refractivity contribution < 1.29 is 22.7 Å². The Bertz CT molecular complexity index is 810. The van der Waals surface area contributed by atoms with E-state index in [1.165, 1.54) is 12.1 Å². The molecule has 0 atom stereocenters. The Morgan fingerprint density at radius 1 is 1.21 bits per heavy atom. The number of halogens is 3. The van der Waals surface area contributed by atoms with Crippen LogP contribution in [0.15, 0.2) is 42.6 Å². The van der Waals surface area contributed by atoms with Crippen molar-refractivity contribution in [2.75, 3.05) is 20.3 Å². The number of aromatic nitrogens is 1. The highest BCUT2D eigenvalue weighted by molar-refractivity contribution is 5.79. The fraction of sp³-hybridized carbons (Fsp3) is 0.500. The van der Waals surface area contributed by atoms with Gasteiger partial charge in [0.2, 0.25) is 5.91 Å². The third-order valence-corrected chi connectivity index (χ3v) is 5.47. The number of hydrogen-bond donors (Lipinski definition) is 0. The molecule has 1 aromatic carbocycles. The van der Waals surface area contributed by atoms with Crippen LogP contribution in [-0.2, 0) is 28.8 Å². The fourth-order valence-corrected chi connectivity index (χ4v) is 3.89. The summed E-state index contributed by atoms with van der Waals surface area (Å²) in [6.45, 7) is 1.69. The molecule has 2 aromatic rings. The van der Waals surface area contributed by atoms with Crippen LogP contribution in [0.1, 0.15) is 42.5 Å². The third kappa shape index (κ3) is 5.63. The van der Waals surface area contributed by atoms with Crippen LogP contribution >= 0.6 is 0 Å². The van der Waals surface area contributed by atoms with E-state index in [0.29, 0.717) is 31.8 Å². The molecule has 29 heavy (non-hydrogen) atoms. The number of methoxy groups -OCH3 is 1. The maximum Gasteiger partial charge on any atom is 0.416 e. The van der Waals surface area contributed by atoms with Crippen LogP contribution in [0.25, 0.3) is 0 Å². The van der Waals surface area contributed by atoms with Gasteiger partial charge in [-0.05, 0) is 42.7 Å². The maximum atomic E-state index is 13.0. The van der Waals surface area contributed by atoms with Crippen LogP contribution < -0.4 is 0 Å². The minimum absolute atomic E-state index is 0.0683. The molecule has 1 fully saturated rings. The molecule has 0 bridgehead atoms. The van der Waals surface area contributed by atoms with E-state index in [1.54, 1.807) is 13.2 Å². The van der Waals surface area contributed by atoms with Gasteiger partial charge in [-0.25, -0.2) is 0 Å². The minimum atomic E-state index is -4.36. The lowest BCUT2D eigenvalue weighted by Crippen LogP contribution is -2.37. The predicted molar refractivity (Wildman–Crippen MR) is 104 cm³/mol. The van der Waals surface area contributed by atoms with E-state index < -0.39 is 11.7 Å². The van der Waals surface area contributed by atoms with E-state index in [2.05, 4.69) is 0 Å². The van der Waals surface area contributed by atoms with Crippen molar-refractivity contribution in [1.82, 2.24) is 9.47 Å². The van der Waals surface area contributed by atoms with E-state index in [9.17, 15) is 18.0 Å². The van der Waals surface area contributed by atoms with Gasteiger partial charge in [-0.3, -0.25) is 4.79 Å². The molecule has 1 saturated carbocycles. The lowest BCUT2D eigenvalue weighted by Gasteiger charge is -2.26. The Hall–Kier alpha value is -2.28. The number of amides is 1. The fourth-order valence-electron chi connectivity index (χ4n) is 3.89. The monoisotopic (exact) mass is 408 g/mol.